The van der Waals surface area contributed by atoms with Crippen molar-refractivity contribution in [3.05, 3.63) is 46.0 Å². The highest BCUT2D eigenvalue weighted by atomic mass is 35.5. The molecule has 2 aromatic rings. The Labute approximate surface area is 140 Å². The fourth-order valence-corrected chi connectivity index (χ4v) is 3.09. The molecule has 0 bridgehead atoms. The average molecular weight is 337 g/mol. The first-order valence-electron chi connectivity index (χ1n) is 7.59. The summed E-state index contributed by atoms with van der Waals surface area (Å²) in [4.78, 5) is 29.0. The highest BCUT2D eigenvalue weighted by Crippen LogP contribution is 2.24. The zero-order chi connectivity index (χ0) is 15.7. The number of rotatable bonds is 3. The first-order valence-corrected chi connectivity index (χ1v) is 7.59. The summed E-state index contributed by atoms with van der Waals surface area (Å²) < 4.78 is 1.40. The largest absolute Gasteiger partial charge is 0.349 e. The van der Waals surface area contributed by atoms with E-state index in [1.807, 2.05) is 19.1 Å². The Morgan fingerprint density at radius 2 is 2.26 bits per heavy atom. The van der Waals surface area contributed by atoms with Crippen molar-refractivity contribution >= 4 is 24.0 Å². The van der Waals surface area contributed by atoms with Gasteiger partial charge in [0.15, 0.2) is 0 Å². The number of pyridine rings is 1. The number of hydrogen-bond donors (Lipinski definition) is 2. The second-order valence-corrected chi connectivity index (χ2v) is 5.92. The van der Waals surface area contributed by atoms with Crippen LogP contribution in [0.5, 0.6) is 0 Å². The Morgan fingerprint density at radius 1 is 1.48 bits per heavy atom. The van der Waals surface area contributed by atoms with Crippen LogP contribution in [-0.2, 0) is 0 Å². The molecule has 0 aliphatic heterocycles. The Kier molecular flexibility index (Phi) is 5.38. The molecule has 1 aliphatic carbocycles. The van der Waals surface area contributed by atoms with Crippen molar-refractivity contribution in [2.75, 3.05) is 6.54 Å². The Hall–Kier alpha value is -1.92. The second kappa shape index (κ2) is 7.10. The summed E-state index contributed by atoms with van der Waals surface area (Å²) in [7, 11) is 0. The molecule has 2 atom stereocenters. The lowest BCUT2D eigenvalue weighted by Gasteiger charge is -2.19. The summed E-state index contributed by atoms with van der Waals surface area (Å²) >= 11 is 0. The highest BCUT2D eigenvalue weighted by Gasteiger charge is 2.28. The average Bonchev–Trinajstić information content (AvgIpc) is 2.94. The van der Waals surface area contributed by atoms with E-state index in [2.05, 4.69) is 10.3 Å². The zero-order valence-corrected chi connectivity index (χ0v) is 13.8. The number of nitrogens with two attached hydrogens (primary N) is 1. The van der Waals surface area contributed by atoms with Crippen molar-refractivity contribution in [2.24, 2.45) is 11.7 Å². The van der Waals surface area contributed by atoms with E-state index in [0.29, 0.717) is 18.1 Å². The number of hydrogen-bond acceptors (Lipinski definition) is 4. The molecule has 1 aliphatic rings. The van der Waals surface area contributed by atoms with E-state index in [0.717, 1.165) is 24.8 Å². The minimum absolute atomic E-state index is 0. The Bertz CT molecular complexity index is 774. The molecular formula is C16H21ClN4O2. The van der Waals surface area contributed by atoms with Gasteiger partial charge in [-0.1, -0.05) is 6.42 Å². The number of nitrogens with zero attached hydrogens (tertiary/aromatic N) is 2. The van der Waals surface area contributed by atoms with Crippen LogP contribution < -0.4 is 16.6 Å². The van der Waals surface area contributed by atoms with Gasteiger partial charge in [0, 0.05) is 18.4 Å². The topological polar surface area (TPSA) is 89.5 Å². The fraction of sp³-hybridized carbons (Fsp3) is 0.438. The lowest BCUT2D eigenvalue weighted by atomic mass is 10.0. The Balaban J connectivity index is 0.00000192. The first-order chi connectivity index (χ1) is 10.6. The number of amides is 1. The maximum atomic E-state index is 12.4. The normalized spacial score (nSPS) is 20.3. The van der Waals surface area contributed by atoms with E-state index in [1.54, 1.807) is 6.20 Å². The summed E-state index contributed by atoms with van der Waals surface area (Å²) in [5.74, 6) is -0.0689. The molecule has 6 nitrogen and oxygen atoms in total. The summed E-state index contributed by atoms with van der Waals surface area (Å²) in [6.45, 7) is 2.49. The molecule has 2 aromatic heterocycles. The van der Waals surface area contributed by atoms with E-state index in [9.17, 15) is 9.59 Å². The van der Waals surface area contributed by atoms with Crippen molar-refractivity contribution in [3.8, 4) is 0 Å². The summed E-state index contributed by atoms with van der Waals surface area (Å²) in [6, 6.07) is 3.68. The molecule has 3 N–H and O–H groups in total. The van der Waals surface area contributed by atoms with Crippen molar-refractivity contribution in [1.29, 1.82) is 0 Å². The molecule has 0 spiro atoms. The Morgan fingerprint density at radius 3 is 3.00 bits per heavy atom. The fourth-order valence-electron chi connectivity index (χ4n) is 3.09. The van der Waals surface area contributed by atoms with Crippen LogP contribution in [0.1, 0.15) is 35.2 Å². The predicted molar refractivity (Wildman–Crippen MR) is 91.1 cm³/mol. The molecule has 124 valence electrons. The maximum absolute atomic E-state index is 12.4. The van der Waals surface area contributed by atoms with Crippen LogP contribution in [0.4, 0.5) is 0 Å². The van der Waals surface area contributed by atoms with Crippen LogP contribution in [0.2, 0.25) is 0 Å². The van der Waals surface area contributed by atoms with Crippen molar-refractivity contribution in [3.63, 3.8) is 0 Å². The molecule has 2 heterocycles. The van der Waals surface area contributed by atoms with Gasteiger partial charge in [0.05, 0.1) is 0 Å². The molecule has 1 fully saturated rings. The molecule has 0 saturated heterocycles. The number of carbonyl (C=O) groups excluding carboxylic acids is 1. The van der Waals surface area contributed by atoms with E-state index in [4.69, 9.17) is 5.73 Å². The van der Waals surface area contributed by atoms with Gasteiger partial charge in [-0.15, -0.1) is 12.4 Å². The molecule has 3 rings (SSSR count). The number of fused-ring (bicyclic) bond motifs is 1. The molecule has 2 unspecified atom stereocenters. The van der Waals surface area contributed by atoms with Gasteiger partial charge in [-0.2, -0.15) is 0 Å². The van der Waals surface area contributed by atoms with Crippen molar-refractivity contribution in [1.82, 2.24) is 14.7 Å². The maximum Gasteiger partial charge on any atom is 0.270 e. The van der Waals surface area contributed by atoms with Crippen LogP contribution in [0.15, 0.2) is 29.3 Å². The molecule has 0 radical (unpaired) electrons. The smallest absolute Gasteiger partial charge is 0.270 e. The SMILES string of the molecule is Cc1ccn2c(=O)c(C(=O)NC3CCCC3CN)cnc2c1.Cl. The molecule has 7 heteroatoms. The third-order valence-electron chi connectivity index (χ3n) is 4.39. The van der Waals surface area contributed by atoms with E-state index in [1.165, 1.54) is 10.6 Å². The zero-order valence-electron chi connectivity index (χ0n) is 13.0. The van der Waals surface area contributed by atoms with Crippen LogP contribution in [0, 0.1) is 12.8 Å². The number of carbonyl (C=O) groups is 1. The summed E-state index contributed by atoms with van der Waals surface area (Å²) in [6.07, 6.45) is 6.00. The van der Waals surface area contributed by atoms with Gasteiger partial charge < -0.3 is 11.1 Å². The van der Waals surface area contributed by atoms with Gasteiger partial charge in [0.1, 0.15) is 11.2 Å². The van der Waals surface area contributed by atoms with Crippen LogP contribution in [0.3, 0.4) is 0 Å². The third kappa shape index (κ3) is 3.38. The van der Waals surface area contributed by atoms with Gasteiger partial charge in [-0.05, 0) is 49.9 Å². The van der Waals surface area contributed by atoms with Gasteiger partial charge in [-0.3, -0.25) is 14.0 Å². The van der Waals surface area contributed by atoms with Gasteiger partial charge in [0.2, 0.25) is 0 Å². The second-order valence-electron chi connectivity index (χ2n) is 5.92. The highest BCUT2D eigenvalue weighted by molar-refractivity contribution is 5.94. The van der Waals surface area contributed by atoms with Crippen molar-refractivity contribution < 1.29 is 4.79 Å². The van der Waals surface area contributed by atoms with Gasteiger partial charge in [-0.25, -0.2) is 4.98 Å². The van der Waals surface area contributed by atoms with E-state index in [-0.39, 0.29) is 35.5 Å². The van der Waals surface area contributed by atoms with Crippen LogP contribution in [0.25, 0.3) is 5.65 Å². The van der Waals surface area contributed by atoms with Crippen LogP contribution >= 0.6 is 12.4 Å². The predicted octanol–water partition coefficient (Wildman–Crippen LogP) is 1.28. The molecule has 0 aromatic carbocycles. The number of aryl methyl sites for hydroxylation is 1. The number of aromatic nitrogens is 2. The van der Waals surface area contributed by atoms with Crippen LogP contribution in [-0.4, -0.2) is 27.9 Å². The van der Waals surface area contributed by atoms with Gasteiger partial charge >= 0.3 is 0 Å². The van der Waals surface area contributed by atoms with Crippen molar-refractivity contribution in [2.45, 2.75) is 32.2 Å². The first kappa shape index (κ1) is 17.4. The minimum Gasteiger partial charge on any atom is -0.349 e. The lowest BCUT2D eigenvalue weighted by molar-refractivity contribution is 0.0926. The van der Waals surface area contributed by atoms with E-state index < -0.39 is 0 Å². The quantitative estimate of drug-likeness (QED) is 0.883. The number of halogens is 1. The lowest BCUT2D eigenvalue weighted by Crippen LogP contribution is -2.42. The summed E-state index contributed by atoms with van der Waals surface area (Å²) in [5, 5.41) is 2.94. The standard InChI is InChI=1S/C16H20N4O2.ClH/c1-10-5-6-20-14(7-10)18-9-12(16(20)22)15(21)19-13-4-2-3-11(13)8-17;/h5-7,9,11,13H,2-4,8,17H2,1H3,(H,19,21);1H. The summed E-state index contributed by atoms with van der Waals surface area (Å²) in [5.41, 5.74) is 7.02. The van der Waals surface area contributed by atoms with Gasteiger partial charge in [0.25, 0.3) is 11.5 Å². The molecule has 1 amide bonds. The van der Waals surface area contributed by atoms with E-state index >= 15 is 0 Å². The minimum atomic E-state index is -0.363. The molecule has 23 heavy (non-hydrogen) atoms. The monoisotopic (exact) mass is 336 g/mol. The third-order valence-corrected chi connectivity index (χ3v) is 4.39. The number of nitrogens with one attached hydrogen (secondary N) is 1. The molecular weight excluding hydrogens is 316 g/mol. The molecule has 1 saturated carbocycles.